The van der Waals surface area contributed by atoms with Crippen LogP contribution >= 0.6 is 24.0 Å². The summed E-state index contributed by atoms with van der Waals surface area (Å²) in [5.41, 5.74) is 0.988. The van der Waals surface area contributed by atoms with E-state index in [0.717, 1.165) is 18.4 Å². The van der Waals surface area contributed by atoms with E-state index < -0.39 is 10.0 Å². The van der Waals surface area contributed by atoms with E-state index in [9.17, 15) is 8.42 Å². The van der Waals surface area contributed by atoms with Gasteiger partial charge in [0.25, 0.3) is 0 Å². The zero-order valence-corrected chi connectivity index (χ0v) is 15.6. The van der Waals surface area contributed by atoms with Crippen molar-refractivity contribution in [3.05, 3.63) is 28.8 Å². The summed E-state index contributed by atoms with van der Waals surface area (Å²) >= 11 is 6.17. The van der Waals surface area contributed by atoms with Gasteiger partial charge in [0.2, 0.25) is 10.0 Å². The summed E-state index contributed by atoms with van der Waals surface area (Å²) in [6.07, 6.45) is 1.79. The summed E-state index contributed by atoms with van der Waals surface area (Å²) < 4.78 is 27.5. The molecular formula is C15H24Cl2N2O2S. The first-order valence-electron chi connectivity index (χ1n) is 7.33. The van der Waals surface area contributed by atoms with Gasteiger partial charge in [-0.1, -0.05) is 31.5 Å². The molecule has 1 aromatic rings. The largest absolute Gasteiger partial charge is 0.318 e. The second-order valence-electron chi connectivity index (χ2n) is 5.81. The fourth-order valence-corrected chi connectivity index (χ4v) is 4.97. The number of rotatable bonds is 5. The van der Waals surface area contributed by atoms with Crippen molar-refractivity contribution in [2.24, 2.45) is 0 Å². The number of nitrogens with one attached hydrogen (secondary N) is 1. The molecule has 2 rings (SSSR count). The summed E-state index contributed by atoms with van der Waals surface area (Å²) in [5, 5.41) is 3.37. The van der Waals surface area contributed by atoms with Gasteiger partial charge in [0, 0.05) is 19.1 Å². The summed E-state index contributed by atoms with van der Waals surface area (Å²) in [5.74, 6) is 0.267. The molecule has 1 saturated heterocycles. The van der Waals surface area contributed by atoms with Gasteiger partial charge >= 0.3 is 0 Å². The van der Waals surface area contributed by atoms with Gasteiger partial charge in [0.1, 0.15) is 4.90 Å². The normalized spacial score (nSPS) is 19.4. The first-order valence-corrected chi connectivity index (χ1v) is 9.15. The average molecular weight is 367 g/mol. The number of sulfonamides is 1. The second-order valence-corrected chi connectivity index (χ2v) is 8.08. The van der Waals surface area contributed by atoms with Crippen LogP contribution in [0.4, 0.5) is 0 Å². The molecule has 126 valence electrons. The smallest absolute Gasteiger partial charge is 0.244 e. The summed E-state index contributed by atoms with van der Waals surface area (Å²) in [4.78, 5) is 0.235. The van der Waals surface area contributed by atoms with Crippen LogP contribution in [0.1, 0.15) is 38.2 Å². The van der Waals surface area contributed by atoms with Crippen LogP contribution < -0.4 is 5.32 Å². The fraction of sp³-hybridized carbons (Fsp3) is 0.600. The molecule has 0 saturated carbocycles. The molecule has 0 aromatic heterocycles. The van der Waals surface area contributed by atoms with Crippen molar-refractivity contribution < 1.29 is 8.42 Å². The maximum atomic E-state index is 12.9. The van der Waals surface area contributed by atoms with Crippen LogP contribution in [0.3, 0.4) is 0 Å². The van der Waals surface area contributed by atoms with Crippen LogP contribution in [0, 0.1) is 0 Å². The molecule has 1 fully saturated rings. The molecular weight excluding hydrogens is 343 g/mol. The molecule has 22 heavy (non-hydrogen) atoms. The molecule has 1 atom stereocenters. The van der Waals surface area contributed by atoms with Crippen LogP contribution in [0.15, 0.2) is 23.1 Å². The van der Waals surface area contributed by atoms with Gasteiger partial charge in [0.05, 0.1) is 5.02 Å². The zero-order valence-electron chi connectivity index (χ0n) is 13.2. The molecule has 7 heteroatoms. The number of hydrogen-bond acceptors (Lipinski definition) is 3. The number of hydrogen-bond donors (Lipinski definition) is 1. The van der Waals surface area contributed by atoms with E-state index in [2.05, 4.69) is 5.32 Å². The molecule has 1 N–H and O–H groups in total. The van der Waals surface area contributed by atoms with Crippen molar-refractivity contribution >= 4 is 34.0 Å². The fourth-order valence-electron chi connectivity index (χ4n) is 2.77. The van der Waals surface area contributed by atoms with Crippen LogP contribution in [-0.2, 0) is 10.0 Å². The van der Waals surface area contributed by atoms with Crippen molar-refractivity contribution in [3.8, 4) is 0 Å². The molecule has 1 aliphatic rings. The average Bonchev–Trinajstić information content (AvgIpc) is 2.88. The van der Waals surface area contributed by atoms with Gasteiger partial charge in [-0.15, -0.1) is 12.4 Å². The highest BCUT2D eigenvalue weighted by molar-refractivity contribution is 7.89. The van der Waals surface area contributed by atoms with Crippen molar-refractivity contribution in [1.29, 1.82) is 0 Å². The van der Waals surface area contributed by atoms with Crippen LogP contribution in [0.2, 0.25) is 5.02 Å². The lowest BCUT2D eigenvalue weighted by Gasteiger charge is -2.24. The lowest BCUT2D eigenvalue weighted by molar-refractivity contribution is 0.379. The Morgan fingerprint density at radius 3 is 2.68 bits per heavy atom. The zero-order chi connectivity index (χ0) is 15.6. The standard InChI is InChI=1S/C15H23ClN2O2S.ClH/c1-11(2)12-6-7-14(16)15(9-12)21(19,20)18-8-4-5-13(18)10-17-3;/h6-7,9,11,13,17H,4-5,8,10H2,1-3H3;1H. The van der Waals surface area contributed by atoms with E-state index in [1.807, 2.05) is 27.0 Å². The Bertz CT molecular complexity index is 606. The molecule has 0 radical (unpaired) electrons. The highest BCUT2D eigenvalue weighted by Crippen LogP contribution is 2.32. The quantitative estimate of drug-likeness (QED) is 0.869. The SMILES string of the molecule is CNCC1CCCN1S(=O)(=O)c1cc(C(C)C)ccc1Cl.Cl. The van der Waals surface area contributed by atoms with E-state index in [0.29, 0.717) is 18.1 Å². The number of benzene rings is 1. The topological polar surface area (TPSA) is 49.4 Å². The van der Waals surface area contributed by atoms with E-state index in [-0.39, 0.29) is 29.3 Å². The minimum atomic E-state index is -3.54. The Balaban J connectivity index is 0.00000242. The minimum Gasteiger partial charge on any atom is -0.318 e. The van der Waals surface area contributed by atoms with Gasteiger partial charge in [-0.05, 0) is 43.5 Å². The molecule has 0 bridgehead atoms. The molecule has 0 amide bonds. The number of nitrogens with zero attached hydrogens (tertiary/aromatic N) is 1. The van der Waals surface area contributed by atoms with Gasteiger partial charge in [0.15, 0.2) is 0 Å². The lowest BCUT2D eigenvalue weighted by atomic mass is 10.0. The predicted molar refractivity (Wildman–Crippen MR) is 93.6 cm³/mol. The van der Waals surface area contributed by atoms with E-state index >= 15 is 0 Å². The Morgan fingerprint density at radius 2 is 2.09 bits per heavy atom. The van der Waals surface area contributed by atoms with Crippen LogP contribution in [0.25, 0.3) is 0 Å². The Hall–Kier alpha value is -0.330. The third-order valence-corrected chi connectivity index (χ3v) is 6.40. The maximum Gasteiger partial charge on any atom is 0.244 e. The van der Waals surface area contributed by atoms with E-state index in [1.165, 1.54) is 0 Å². The van der Waals surface area contributed by atoms with Crippen molar-refractivity contribution in [1.82, 2.24) is 9.62 Å². The first-order chi connectivity index (χ1) is 9.87. The summed E-state index contributed by atoms with van der Waals surface area (Å²) in [7, 11) is -1.69. The number of halogens is 2. The third kappa shape index (κ3) is 3.95. The third-order valence-electron chi connectivity index (χ3n) is 3.97. The second kappa shape index (κ2) is 7.97. The van der Waals surface area contributed by atoms with Crippen LogP contribution in [0.5, 0.6) is 0 Å². The molecule has 1 heterocycles. The predicted octanol–water partition coefficient (Wildman–Crippen LogP) is 3.26. The van der Waals surface area contributed by atoms with E-state index in [4.69, 9.17) is 11.6 Å². The number of likely N-dealkylation sites (N-methyl/N-ethyl adjacent to an activating group) is 1. The monoisotopic (exact) mass is 366 g/mol. The first kappa shape index (κ1) is 19.7. The van der Waals surface area contributed by atoms with Gasteiger partial charge < -0.3 is 5.32 Å². The molecule has 0 aliphatic carbocycles. The highest BCUT2D eigenvalue weighted by Gasteiger charge is 2.36. The molecule has 1 aliphatic heterocycles. The summed E-state index contributed by atoms with van der Waals surface area (Å²) in [6.45, 7) is 5.32. The minimum absolute atomic E-state index is 0. The van der Waals surface area contributed by atoms with E-state index in [1.54, 1.807) is 16.4 Å². The van der Waals surface area contributed by atoms with Crippen molar-refractivity contribution in [2.45, 2.75) is 43.5 Å². The summed E-state index contributed by atoms with van der Waals surface area (Å²) in [6, 6.07) is 5.31. The van der Waals surface area contributed by atoms with Gasteiger partial charge in [-0.3, -0.25) is 0 Å². The lowest BCUT2D eigenvalue weighted by Crippen LogP contribution is -2.40. The van der Waals surface area contributed by atoms with Crippen molar-refractivity contribution in [3.63, 3.8) is 0 Å². The Kier molecular flexibility index (Phi) is 7.15. The Morgan fingerprint density at radius 1 is 1.41 bits per heavy atom. The molecule has 1 aromatic carbocycles. The van der Waals surface area contributed by atoms with Crippen LogP contribution in [-0.4, -0.2) is 38.9 Å². The molecule has 1 unspecified atom stereocenters. The van der Waals surface area contributed by atoms with Gasteiger partial charge in [-0.25, -0.2) is 8.42 Å². The molecule has 0 spiro atoms. The maximum absolute atomic E-state index is 12.9. The Labute approximate surface area is 144 Å². The highest BCUT2D eigenvalue weighted by atomic mass is 35.5. The van der Waals surface area contributed by atoms with Crippen molar-refractivity contribution in [2.75, 3.05) is 20.1 Å². The van der Waals surface area contributed by atoms with Gasteiger partial charge in [-0.2, -0.15) is 4.31 Å². The molecule has 4 nitrogen and oxygen atoms in total.